The summed E-state index contributed by atoms with van der Waals surface area (Å²) in [5.74, 6) is 0.849. The van der Waals surface area contributed by atoms with Gasteiger partial charge in [0.15, 0.2) is 0 Å². The van der Waals surface area contributed by atoms with Gasteiger partial charge in [-0.1, -0.05) is 0 Å². The highest BCUT2D eigenvalue weighted by Crippen LogP contribution is 2.18. The highest BCUT2D eigenvalue weighted by atomic mass is 16.5. The molecule has 0 radical (unpaired) electrons. The average molecular weight is 174 g/mol. The van der Waals surface area contributed by atoms with E-state index in [2.05, 4.69) is 9.97 Å². The largest absolute Gasteiger partial charge is 0.494 e. The molecule has 1 aliphatic heterocycles. The van der Waals surface area contributed by atoms with Crippen LogP contribution in [0.25, 0.3) is 11.4 Å². The minimum Gasteiger partial charge on any atom is -0.494 e. The molecule has 0 bridgehead atoms. The van der Waals surface area contributed by atoms with E-state index in [9.17, 15) is 0 Å². The third kappa shape index (κ3) is 1.59. The van der Waals surface area contributed by atoms with E-state index in [-0.39, 0.29) is 0 Å². The van der Waals surface area contributed by atoms with Gasteiger partial charge in [0.1, 0.15) is 12.1 Å². The molecular weight excluding hydrogens is 164 g/mol. The van der Waals surface area contributed by atoms with E-state index in [0.717, 1.165) is 17.1 Å². The molecule has 13 heavy (non-hydrogen) atoms. The summed E-state index contributed by atoms with van der Waals surface area (Å²) < 4.78 is 5.35. The zero-order chi connectivity index (χ0) is 9.10. The van der Waals surface area contributed by atoms with Crippen molar-refractivity contribution in [2.45, 2.75) is 6.92 Å². The monoisotopic (exact) mass is 174 g/mol. The molecule has 1 heterocycles. The van der Waals surface area contributed by atoms with Crippen molar-refractivity contribution >= 4 is 0 Å². The fourth-order valence-corrected chi connectivity index (χ4v) is 1.18. The van der Waals surface area contributed by atoms with E-state index in [1.807, 2.05) is 31.2 Å². The maximum Gasteiger partial charge on any atom is 0.119 e. The van der Waals surface area contributed by atoms with Gasteiger partial charge in [-0.2, -0.15) is 0 Å². The third-order valence-corrected chi connectivity index (χ3v) is 1.78. The van der Waals surface area contributed by atoms with E-state index in [1.165, 1.54) is 0 Å². The number of fused-ring (bicyclic) bond motifs is 1. The van der Waals surface area contributed by atoms with Crippen LogP contribution in [0.1, 0.15) is 6.92 Å². The molecule has 0 aromatic carbocycles. The highest BCUT2D eigenvalue weighted by Gasteiger charge is 2.01. The number of hydrogen-bond acceptors (Lipinski definition) is 3. The lowest BCUT2D eigenvalue weighted by molar-refractivity contribution is 0.340. The summed E-state index contributed by atoms with van der Waals surface area (Å²) in [5.41, 5.74) is 1.79. The Kier molecular flexibility index (Phi) is 2.08. The number of imidazole rings is 1. The van der Waals surface area contributed by atoms with Crippen LogP contribution in [0.2, 0.25) is 0 Å². The quantitative estimate of drug-likeness (QED) is 0.698. The lowest BCUT2D eigenvalue weighted by atomic mass is 10.3. The van der Waals surface area contributed by atoms with Gasteiger partial charge >= 0.3 is 0 Å². The first kappa shape index (κ1) is 7.98. The van der Waals surface area contributed by atoms with Crippen LogP contribution in [-0.2, 0) is 0 Å². The second kappa shape index (κ2) is 3.39. The molecular formula is C10H10N2O. The second-order valence-electron chi connectivity index (χ2n) is 2.65. The standard InChI is InChI=1S/C10H10N2O/c1-2-13-8-3-5-9-10(6-4-8)12-7-11-9/h3-7H,2H2,1H3. The summed E-state index contributed by atoms with van der Waals surface area (Å²) >= 11 is 0. The number of rotatable bonds is 2. The molecule has 0 unspecified atom stereocenters. The van der Waals surface area contributed by atoms with Crippen LogP contribution in [0.4, 0.5) is 0 Å². The summed E-state index contributed by atoms with van der Waals surface area (Å²) in [7, 11) is 0. The Hall–Kier alpha value is -1.64. The molecule has 3 heteroatoms. The molecule has 0 aromatic heterocycles. The first-order valence-corrected chi connectivity index (χ1v) is 4.23. The van der Waals surface area contributed by atoms with Crippen molar-refractivity contribution in [3.63, 3.8) is 0 Å². The molecule has 3 nitrogen and oxygen atoms in total. The molecule has 0 N–H and O–H groups in total. The molecule has 0 saturated carbocycles. The van der Waals surface area contributed by atoms with E-state index in [1.54, 1.807) is 6.33 Å². The average Bonchev–Trinajstić information content (AvgIpc) is 2.50. The molecule has 2 aliphatic rings. The van der Waals surface area contributed by atoms with Gasteiger partial charge in [-0.3, -0.25) is 0 Å². The van der Waals surface area contributed by atoms with Gasteiger partial charge in [0.2, 0.25) is 0 Å². The minimum absolute atomic E-state index is 0.676. The van der Waals surface area contributed by atoms with Crippen molar-refractivity contribution in [2.75, 3.05) is 6.61 Å². The number of ether oxygens (including phenoxy) is 1. The zero-order valence-corrected chi connectivity index (χ0v) is 7.40. The Morgan fingerprint density at radius 3 is 2.23 bits per heavy atom. The Labute approximate surface area is 76.8 Å². The van der Waals surface area contributed by atoms with Gasteiger partial charge in [0.25, 0.3) is 0 Å². The van der Waals surface area contributed by atoms with Crippen molar-refractivity contribution in [1.29, 1.82) is 0 Å². The number of hydrogen-bond donors (Lipinski definition) is 0. The van der Waals surface area contributed by atoms with Gasteiger partial charge < -0.3 is 4.74 Å². The zero-order valence-electron chi connectivity index (χ0n) is 7.40. The summed E-state index contributed by atoms with van der Waals surface area (Å²) in [6.45, 7) is 2.64. The molecule has 0 fully saturated rings. The summed E-state index contributed by atoms with van der Waals surface area (Å²) in [6, 6.07) is 7.63. The third-order valence-electron chi connectivity index (χ3n) is 1.78. The van der Waals surface area contributed by atoms with Crippen LogP contribution in [0.5, 0.6) is 5.75 Å². The van der Waals surface area contributed by atoms with Gasteiger partial charge in [0, 0.05) is 0 Å². The molecule has 0 amide bonds. The van der Waals surface area contributed by atoms with Crippen molar-refractivity contribution in [3.05, 3.63) is 30.6 Å². The number of nitrogens with zero attached hydrogens (tertiary/aromatic N) is 2. The van der Waals surface area contributed by atoms with Crippen LogP contribution in [-0.4, -0.2) is 16.6 Å². The fraction of sp³-hybridized carbons (Fsp3) is 0.200. The van der Waals surface area contributed by atoms with E-state index >= 15 is 0 Å². The molecule has 1 aliphatic carbocycles. The first-order chi connectivity index (χ1) is 6.40. The first-order valence-electron chi connectivity index (χ1n) is 4.23. The Bertz CT molecular complexity index is 345. The molecule has 0 spiro atoms. The molecule has 0 aromatic rings. The van der Waals surface area contributed by atoms with Gasteiger partial charge in [-0.15, -0.1) is 0 Å². The van der Waals surface area contributed by atoms with Crippen LogP contribution < -0.4 is 4.74 Å². The van der Waals surface area contributed by atoms with E-state index in [0.29, 0.717) is 6.61 Å². The second-order valence-corrected chi connectivity index (χ2v) is 2.65. The van der Waals surface area contributed by atoms with Crippen molar-refractivity contribution in [2.24, 2.45) is 0 Å². The van der Waals surface area contributed by atoms with Crippen LogP contribution >= 0.6 is 0 Å². The smallest absolute Gasteiger partial charge is 0.119 e. The van der Waals surface area contributed by atoms with Crippen LogP contribution in [0.15, 0.2) is 30.6 Å². The summed E-state index contributed by atoms with van der Waals surface area (Å²) in [5, 5.41) is 0. The Morgan fingerprint density at radius 1 is 1.08 bits per heavy atom. The number of aromatic nitrogens is 2. The van der Waals surface area contributed by atoms with Crippen molar-refractivity contribution in [3.8, 4) is 17.1 Å². The Balaban J connectivity index is 2.43. The van der Waals surface area contributed by atoms with Crippen molar-refractivity contribution < 1.29 is 4.74 Å². The maximum absolute atomic E-state index is 5.35. The SMILES string of the molecule is CCOc1ccc2ncnc-2cc1. The van der Waals surface area contributed by atoms with Gasteiger partial charge in [-0.25, -0.2) is 9.97 Å². The highest BCUT2D eigenvalue weighted by molar-refractivity contribution is 5.55. The predicted molar refractivity (Wildman–Crippen MR) is 49.8 cm³/mol. The maximum atomic E-state index is 5.35. The van der Waals surface area contributed by atoms with Crippen LogP contribution in [0.3, 0.4) is 0 Å². The molecule has 66 valence electrons. The minimum atomic E-state index is 0.676. The normalized spacial score (nSPS) is 10.2. The topological polar surface area (TPSA) is 35.0 Å². The fourth-order valence-electron chi connectivity index (χ4n) is 1.18. The van der Waals surface area contributed by atoms with Crippen molar-refractivity contribution in [1.82, 2.24) is 9.97 Å². The summed E-state index contributed by atoms with van der Waals surface area (Å²) in [6.07, 6.45) is 1.56. The molecule has 0 saturated heterocycles. The summed E-state index contributed by atoms with van der Waals surface area (Å²) in [4.78, 5) is 8.19. The predicted octanol–water partition coefficient (Wildman–Crippen LogP) is 1.98. The lowest BCUT2D eigenvalue weighted by Gasteiger charge is -1.96. The lowest BCUT2D eigenvalue weighted by Crippen LogP contribution is -1.88. The molecule has 2 rings (SSSR count). The van der Waals surface area contributed by atoms with Crippen LogP contribution in [0, 0.1) is 0 Å². The van der Waals surface area contributed by atoms with E-state index in [4.69, 9.17) is 4.74 Å². The van der Waals surface area contributed by atoms with Gasteiger partial charge in [0.05, 0.1) is 18.0 Å². The Morgan fingerprint density at radius 2 is 1.69 bits per heavy atom. The van der Waals surface area contributed by atoms with E-state index < -0.39 is 0 Å². The molecule has 0 atom stereocenters. The van der Waals surface area contributed by atoms with Gasteiger partial charge in [-0.05, 0) is 31.2 Å².